The number of hydrogen-bond donors (Lipinski definition) is 1. The van der Waals surface area contributed by atoms with Crippen LogP contribution in [0, 0.1) is 0 Å². The third-order valence-corrected chi connectivity index (χ3v) is 7.40. The Hall–Kier alpha value is -3.11. The molecule has 1 saturated heterocycles. The predicted molar refractivity (Wildman–Crippen MR) is 121 cm³/mol. The van der Waals surface area contributed by atoms with Gasteiger partial charge >= 0.3 is 0 Å². The molecule has 0 saturated carbocycles. The van der Waals surface area contributed by atoms with Gasteiger partial charge in [-0.1, -0.05) is 0 Å². The second-order valence-corrected chi connectivity index (χ2v) is 9.54. The summed E-state index contributed by atoms with van der Waals surface area (Å²) in [5.41, 5.74) is 1.95. The van der Waals surface area contributed by atoms with E-state index in [9.17, 15) is 13.2 Å². The number of methoxy groups -OCH3 is 2. The van der Waals surface area contributed by atoms with Crippen LogP contribution >= 0.6 is 0 Å². The minimum absolute atomic E-state index is 0.171. The van der Waals surface area contributed by atoms with Crippen molar-refractivity contribution in [2.24, 2.45) is 0 Å². The molecule has 2 heterocycles. The van der Waals surface area contributed by atoms with E-state index in [4.69, 9.17) is 9.47 Å². The second-order valence-electron chi connectivity index (χ2n) is 7.60. The molecule has 0 atom stereocenters. The van der Waals surface area contributed by atoms with Gasteiger partial charge in [-0.3, -0.25) is 4.79 Å². The summed E-state index contributed by atoms with van der Waals surface area (Å²) in [5, 5.41) is 2.84. The Morgan fingerprint density at radius 3 is 2.41 bits per heavy atom. The quantitative estimate of drug-likeness (QED) is 0.557. The van der Waals surface area contributed by atoms with Crippen LogP contribution in [0.5, 0.6) is 11.5 Å². The van der Waals surface area contributed by atoms with E-state index in [0.29, 0.717) is 42.3 Å². The number of imidazole rings is 1. The number of aryl methyl sites for hydroxylation is 1. The van der Waals surface area contributed by atoms with Gasteiger partial charge in [0.05, 0.1) is 36.5 Å². The highest BCUT2D eigenvalue weighted by molar-refractivity contribution is 7.89. The molecule has 10 heteroatoms. The predicted octanol–water partition coefficient (Wildman–Crippen LogP) is 2.87. The fraction of sp³-hybridized carbons (Fsp3) is 0.364. The Kier molecular flexibility index (Phi) is 6.33. The van der Waals surface area contributed by atoms with Gasteiger partial charge in [0.15, 0.2) is 0 Å². The van der Waals surface area contributed by atoms with Crippen LogP contribution in [-0.2, 0) is 21.4 Å². The van der Waals surface area contributed by atoms with Crippen molar-refractivity contribution in [1.82, 2.24) is 13.9 Å². The number of hydrogen-bond acceptors (Lipinski definition) is 6. The summed E-state index contributed by atoms with van der Waals surface area (Å²) in [6.07, 6.45) is 3.62. The van der Waals surface area contributed by atoms with E-state index in [1.807, 2.05) is 4.57 Å². The fourth-order valence-electron chi connectivity index (χ4n) is 3.78. The molecule has 32 heavy (non-hydrogen) atoms. The number of aromatic nitrogens is 2. The molecule has 1 aliphatic heterocycles. The number of carbonyl (C=O) groups is 1. The lowest BCUT2D eigenvalue weighted by Crippen LogP contribution is -2.27. The second kappa shape index (κ2) is 9.17. The Balaban J connectivity index is 1.44. The van der Waals surface area contributed by atoms with Crippen molar-refractivity contribution in [3.8, 4) is 11.5 Å². The zero-order chi connectivity index (χ0) is 22.7. The van der Waals surface area contributed by atoms with Gasteiger partial charge in [0.25, 0.3) is 0 Å². The van der Waals surface area contributed by atoms with Gasteiger partial charge in [0.1, 0.15) is 11.5 Å². The number of nitrogens with zero attached hydrogens (tertiary/aromatic N) is 3. The maximum Gasteiger partial charge on any atom is 0.243 e. The Morgan fingerprint density at radius 2 is 1.75 bits per heavy atom. The molecule has 9 nitrogen and oxygen atoms in total. The number of carbonyl (C=O) groups excluding carboxylic acids is 1. The van der Waals surface area contributed by atoms with E-state index >= 15 is 0 Å². The average Bonchev–Trinajstić information content (AvgIpc) is 3.47. The summed E-state index contributed by atoms with van der Waals surface area (Å²) in [6.45, 7) is 1.52. The lowest BCUT2D eigenvalue weighted by molar-refractivity contribution is -0.116. The van der Waals surface area contributed by atoms with Crippen LogP contribution in [0.25, 0.3) is 11.0 Å². The van der Waals surface area contributed by atoms with Crippen LogP contribution in [0.2, 0.25) is 0 Å². The largest absolute Gasteiger partial charge is 0.497 e. The maximum atomic E-state index is 12.8. The Bertz CT molecular complexity index is 1210. The fourth-order valence-corrected chi connectivity index (χ4v) is 5.32. The molecule has 0 bridgehead atoms. The molecule has 1 N–H and O–H groups in total. The smallest absolute Gasteiger partial charge is 0.243 e. The normalized spacial score (nSPS) is 14.6. The standard InChI is InChI=1S/C22H26N4O5S/c1-30-17-11-16(12-18(13-17)31-2)24-22(27)7-10-25-15-23-20-14-19(5-6-21(20)25)32(28,29)26-8-3-4-9-26/h5-6,11-15H,3-4,7-10H2,1-2H3,(H,24,27). The van der Waals surface area contributed by atoms with Crippen molar-refractivity contribution in [2.45, 2.75) is 30.7 Å². The highest BCUT2D eigenvalue weighted by atomic mass is 32.2. The minimum Gasteiger partial charge on any atom is -0.497 e. The van der Waals surface area contributed by atoms with E-state index in [0.717, 1.165) is 18.4 Å². The van der Waals surface area contributed by atoms with Gasteiger partial charge in [-0.2, -0.15) is 4.31 Å². The molecular weight excluding hydrogens is 432 g/mol. The molecule has 1 aliphatic rings. The van der Waals surface area contributed by atoms with E-state index in [1.165, 1.54) is 4.31 Å². The number of ether oxygens (including phenoxy) is 2. The molecule has 1 aromatic heterocycles. The Labute approximate surface area is 187 Å². The minimum atomic E-state index is -3.49. The van der Waals surface area contributed by atoms with Gasteiger partial charge in [-0.25, -0.2) is 13.4 Å². The first-order chi connectivity index (χ1) is 15.4. The average molecular weight is 459 g/mol. The highest BCUT2D eigenvalue weighted by Crippen LogP contribution is 2.26. The van der Waals surface area contributed by atoms with Crippen molar-refractivity contribution in [2.75, 3.05) is 32.6 Å². The van der Waals surface area contributed by atoms with Crippen molar-refractivity contribution < 1.29 is 22.7 Å². The van der Waals surface area contributed by atoms with Crippen LogP contribution in [0.4, 0.5) is 5.69 Å². The van der Waals surface area contributed by atoms with Crippen molar-refractivity contribution in [3.05, 3.63) is 42.7 Å². The number of rotatable bonds is 8. The summed E-state index contributed by atoms with van der Waals surface area (Å²) in [6, 6.07) is 10.1. The SMILES string of the molecule is COc1cc(NC(=O)CCn2cnc3cc(S(=O)(=O)N4CCCC4)ccc32)cc(OC)c1. The number of sulfonamides is 1. The lowest BCUT2D eigenvalue weighted by atomic mass is 10.2. The van der Waals surface area contributed by atoms with Gasteiger partial charge in [-0.05, 0) is 31.0 Å². The number of benzene rings is 2. The molecule has 0 spiro atoms. The van der Waals surface area contributed by atoms with E-state index in [1.54, 1.807) is 56.9 Å². The van der Waals surface area contributed by atoms with E-state index < -0.39 is 10.0 Å². The summed E-state index contributed by atoms with van der Waals surface area (Å²) < 4.78 is 39.4. The molecule has 170 valence electrons. The lowest BCUT2D eigenvalue weighted by Gasteiger charge is -2.15. The molecule has 0 aliphatic carbocycles. The molecular formula is C22H26N4O5S. The molecule has 1 fully saturated rings. The monoisotopic (exact) mass is 458 g/mol. The van der Waals surface area contributed by atoms with Crippen LogP contribution < -0.4 is 14.8 Å². The topological polar surface area (TPSA) is 103 Å². The highest BCUT2D eigenvalue weighted by Gasteiger charge is 2.27. The molecule has 3 aromatic rings. The van der Waals surface area contributed by atoms with Crippen LogP contribution in [0.15, 0.2) is 47.6 Å². The maximum absolute atomic E-state index is 12.8. The Morgan fingerprint density at radius 1 is 1.06 bits per heavy atom. The third kappa shape index (κ3) is 4.56. The number of anilines is 1. The van der Waals surface area contributed by atoms with Gasteiger partial charge in [-0.15, -0.1) is 0 Å². The summed E-state index contributed by atoms with van der Waals surface area (Å²) in [7, 11) is -0.397. The van der Waals surface area contributed by atoms with Crippen LogP contribution in [0.3, 0.4) is 0 Å². The van der Waals surface area contributed by atoms with Gasteiger partial charge in [0.2, 0.25) is 15.9 Å². The van der Waals surface area contributed by atoms with Crippen molar-refractivity contribution in [3.63, 3.8) is 0 Å². The zero-order valence-electron chi connectivity index (χ0n) is 18.1. The summed E-state index contributed by atoms with van der Waals surface area (Å²) >= 11 is 0. The first-order valence-electron chi connectivity index (χ1n) is 10.4. The number of fused-ring (bicyclic) bond motifs is 1. The van der Waals surface area contributed by atoms with Crippen LogP contribution in [0.1, 0.15) is 19.3 Å². The molecule has 1 amide bonds. The molecule has 2 aromatic carbocycles. The zero-order valence-corrected chi connectivity index (χ0v) is 18.9. The molecule has 0 unspecified atom stereocenters. The third-order valence-electron chi connectivity index (χ3n) is 5.51. The van der Waals surface area contributed by atoms with Crippen molar-refractivity contribution >= 4 is 32.7 Å². The first kappa shape index (κ1) is 22.1. The van der Waals surface area contributed by atoms with Gasteiger partial charge < -0.3 is 19.4 Å². The van der Waals surface area contributed by atoms with E-state index in [-0.39, 0.29) is 17.2 Å². The molecule has 4 rings (SSSR count). The van der Waals surface area contributed by atoms with Gasteiger partial charge in [0, 0.05) is 49.9 Å². The number of nitrogens with one attached hydrogen (secondary N) is 1. The summed E-state index contributed by atoms with van der Waals surface area (Å²) in [5.74, 6) is 0.996. The first-order valence-corrected chi connectivity index (χ1v) is 11.8. The molecule has 0 radical (unpaired) electrons. The summed E-state index contributed by atoms with van der Waals surface area (Å²) in [4.78, 5) is 17.1. The van der Waals surface area contributed by atoms with E-state index in [2.05, 4.69) is 10.3 Å². The number of amides is 1. The van der Waals surface area contributed by atoms with Crippen molar-refractivity contribution in [1.29, 1.82) is 0 Å². The van der Waals surface area contributed by atoms with Crippen LogP contribution in [-0.4, -0.2) is 55.5 Å².